The van der Waals surface area contributed by atoms with Gasteiger partial charge in [0, 0.05) is 0 Å². The molecule has 1 aliphatic rings. The van der Waals surface area contributed by atoms with Crippen molar-refractivity contribution >= 4 is 21.9 Å². The fourth-order valence-electron chi connectivity index (χ4n) is 0.902. The molecule has 1 heterocycles. The summed E-state index contributed by atoms with van der Waals surface area (Å²) in [7, 11) is 0. The molecule has 1 saturated heterocycles. The Bertz CT molecular complexity index is 221. The Labute approximate surface area is 78.5 Å². The number of rotatable bonds is 2. The van der Waals surface area contributed by atoms with Crippen molar-refractivity contribution in [1.82, 2.24) is 0 Å². The van der Waals surface area contributed by atoms with Crippen LogP contribution in [0.5, 0.6) is 0 Å². The zero-order valence-corrected chi connectivity index (χ0v) is 7.56. The summed E-state index contributed by atoms with van der Waals surface area (Å²) < 4.78 is 11.8. The molecule has 0 aromatic heterocycles. The average molecular weight is 242 g/mol. The summed E-state index contributed by atoms with van der Waals surface area (Å²) in [5, 5.41) is 27.0. The first kappa shape index (κ1) is 8.43. The molecule has 0 amide bonds. The first-order valence-corrected chi connectivity index (χ1v) is 4.07. The summed E-state index contributed by atoms with van der Waals surface area (Å²) in [6.45, 7) is -0.641. The molecule has 3 N–H and O–H groups in total. The molecule has 0 spiro atoms. The maximum absolute atomic E-state index is 10.9. The van der Waals surface area contributed by atoms with E-state index in [0.717, 1.165) is 0 Å². The van der Waals surface area contributed by atoms with Crippen molar-refractivity contribution in [2.24, 2.45) is 0 Å². The summed E-state index contributed by atoms with van der Waals surface area (Å²) in [5.74, 6) is -0.975. The molecule has 6 heteroatoms. The number of ether oxygens (including phenoxy) is 1. The molecule has 0 aliphatic carbocycles. The summed E-state index contributed by atoms with van der Waals surface area (Å²) in [6.07, 6.45) is -4.12. The van der Waals surface area contributed by atoms with Gasteiger partial charge in [-0.1, -0.05) is 15.9 Å². The van der Waals surface area contributed by atoms with Gasteiger partial charge in [-0.25, -0.2) is 0 Å². The topological polar surface area (TPSA) is 87.0 Å². The lowest BCUT2D eigenvalue weighted by Gasteiger charge is -2.17. The van der Waals surface area contributed by atoms with E-state index < -0.39 is 35.7 Å². The van der Waals surface area contributed by atoms with Crippen molar-refractivity contribution in [2.45, 2.75) is 23.1 Å². The van der Waals surface area contributed by atoms with Gasteiger partial charge in [0.2, 0.25) is 0 Å². The number of alkyl halides is 1. The summed E-state index contributed by atoms with van der Waals surface area (Å²) in [4.78, 5) is 8.98. The molecular weight excluding hydrogens is 232 g/mol. The zero-order chi connectivity index (χ0) is 10.2. The molecule has 1 fully saturated rings. The maximum atomic E-state index is 10.9. The molecule has 0 saturated carbocycles. The van der Waals surface area contributed by atoms with Crippen LogP contribution in [0.4, 0.5) is 0 Å². The van der Waals surface area contributed by atoms with Gasteiger partial charge in [0.25, 0.3) is 0 Å². The molecule has 0 aromatic rings. The van der Waals surface area contributed by atoms with Crippen LogP contribution in [0.2, 0.25) is 0 Å². The minimum Gasteiger partial charge on any atom is -0.456 e. The number of hydrogen-bond donors (Lipinski definition) is 3. The third kappa shape index (κ3) is 1.61. The van der Waals surface area contributed by atoms with Crippen molar-refractivity contribution in [3.63, 3.8) is 0 Å². The number of carbonyl (C=O) groups excluding carboxylic acids is 1. The van der Waals surface area contributed by atoms with Gasteiger partial charge in [-0.3, -0.25) is 4.79 Å². The number of hydrogen-bond acceptors (Lipinski definition) is 5. The normalized spacial score (nSPS) is 45.3. The highest BCUT2D eigenvalue weighted by molar-refractivity contribution is 9.10. The third-order valence-electron chi connectivity index (χ3n) is 1.58. The Kier molecular flexibility index (Phi) is 2.60. The van der Waals surface area contributed by atoms with Crippen molar-refractivity contribution < 1.29 is 26.2 Å². The van der Waals surface area contributed by atoms with Gasteiger partial charge in [0.15, 0.2) is 6.10 Å². The summed E-state index contributed by atoms with van der Waals surface area (Å²) in [6, 6.07) is 0. The molecular formula is C6H9BrO5. The standard InChI is InChI=1S/C6H9BrO5/c7-3-4(10)5(2(9)1-8)12-6(3)11/h2-5,8-10H,1H2/t2-,3+,4-,5-/m1/s1/i3D. The number of carbonyl (C=O) groups is 1. The highest BCUT2D eigenvalue weighted by Gasteiger charge is 2.45. The Balaban J connectivity index is 2.79. The maximum Gasteiger partial charge on any atom is 0.323 e. The largest absolute Gasteiger partial charge is 0.456 e. The Morgan fingerprint density at radius 3 is 2.75 bits per heavy atom. The number of esters is 1. The lowest BCUT2D eigenvalue weighted by atomic mass is 10.1. The van der Waals surface area contributed by atoms with Crippen LogP contribution < -0.4 is 0 Å². The fraction of sp³-hybridized carbons (Fsp3) is 0.833. The van der Waals surface area contributed by atoms with Crippen LogP contribution >= 0.6 is 15.9 Å². The van der Waals surface area contributed by atoms with E-state index in [0.29, 0.717) is 0 Å². The molecule has 1 aliphatic heterocycles. The zero-order valence-electron chi connectivity index (χ0n) is 6.98. The van der Waals surface area contributed by atoms with Crippen molar-refractivity contribution in [3.8, 4) is 0 Å². The smallest absolute Gasteiger partial charge is 0.323 e. The molecule has 0 radical (unpaired) electrons. The minimum atomic E-state index is -1.95. The summed E-state index contributed by atoms with van der Waals surface area (Å²) in [5.41, 5.74) is 0. The predicted octanol–water partition coefficient (Wildman–Crippen LogP) is -1.61. The first-order chi connectivity index (χ1) is 5.91. The highest BCUT2D eigenvalue weighted by atomic mass is 79.9. The number of halogens is 1. The van der Waals surface area contributed by atoms with Gasteiger partial charge in [-0.15, -0.1) is 0 Å². The van der Waals surface area contributed by atoms with Crippen LogP contribution in [0.1, 0.15) is 1.37 Å². The lowest BCUT2D eigenvalue weighted by molar-refractivity contribution is -0.147. The number of aliphatic hydroxyl groups excluding tert-OH is 3. The van der Waals surface area contributed by atoms with E-state index in [1.807, 2.05) is 0 Å². The number of aliphatic hydroxyl groups is 3. The minimum absolute atomic E-state index is 0.641. The van der Waals surface area contributed by atoms with Crippen LogP contribution in [-0.4, -0.2) is 51.0 Å². The van der Waals surface area contributed by atoms with Gasteiger partial charge in [0.05, 0.1) is 7.98 Å². The van der Waals surface area contributed by atoms with Crippen LogP contribution in [0, 0.1) is 0 Å². The molecule has 12 heavy (non-hydrogen) atoms. The molecule has 1 rings (SSSR count). The Morgan fingerprint density at radius 2 is 2.42 bits per heavy atom. The van der Waals surface area contributed by atoms with Gasteiger partial charge >= 0.3 is 5.97 Å². The first-order valence-electron chi connectivity index (χ1n) is 3.78. The van der Waals surface area contributed by atoms with Gasteiger partial charge < -0.3 is 20.1 Å². The molecule has 0 unspecified atom stereocenters. The average Bonchev–Trinajstić information content (AvgIpc) is 2.28. The molecule has 0 bridgehead atoms. The van der Waals surface area contributed by atoms with E-state index >= 15 is 0 Å². The van der Waals surface area contributed by atoms with Crippen LogP contribution in [0.25, 0.3) is 0 Å². The van der Waals surface area contributed by atoms with E-state index in [-0.39, 0.29) is 0 Å². The second-order valence-electron chi connectivity index (χ2n) is 2.41. The van der Waals surface area contributed by atoms with E-state index in [1.54, 1.807) is 0 Å². The molecule has 70 valence electrons. The Morgan fingerprint density at radius 1 is 1.83 bits per heavy atom. The van der Waals surface area contributed by atoms with Crippen molar-refractivity contribution in [1.29, 1.82) is 0 Å². The quantitative estimate of drug-likeness (QED) is 0.400. The Hall–Kier alpha value is -0.170. The predicted molar refractivity (Wildman–Crippen MR) is 41.7 cm³/mol. The second kappa shape index (κ2) is 3.69. The molecule has 4 atom stereocenters. The van der Waals surface area contributed by atoms with Crippen molar-refractivity contribution in [3.05, 3.63) is 0 Å². The van der Waals surface area contributed by atoms with E-state index in [4.69, 9.17) is 11.6 Å². The van der Waals surface area contributed by atoms with Crippen LogP contribution in [-0.2, 0) is 9.53 Å². The number of cyclic esters (lactones) is 1. The second-order valence-corrected chi connectivity index (χ2v) is 3.27. The molecule has 0 aromatic carbocycles. The van der Waals surface area contributed by atoms with Crippen molar-refractivity contribution in [2.75, 3.05) is 6.61 Å². The fourth-order valence-corrected chi connectivity index (χ4v) is 1.26. The van der Waals surface area contributed by atoms with Crippen LogP contribution in [0.3, 0.4) is 0 Å². The van der Waals surface area contributed by atoms with E-state index in [1.165, 1.54) is 0 Å². The monoisotopic (exact) mass is 241 g/mol. The van der Waals surface area contributed by atoms with Gasteiger partial charge in [-0.05, 0) is 0 Å². The SMILES string of the molecule is [2H][C@@]1(Br)C(=O)O[C@H]([C@H](O)CO)[C@@H]1O. The van der Waals surface area contributed by atoms with Gasteiger partial charge in [-0.2, -0.15) is 0 Å². The summed E-state index contributed by atoms with van der Waals surface area (Å²) >= 11 is 2.66. The van der Waals surface area contributed by atoms with Crippen LogP contribution in [0.15, 0.2) is 0 Å². The van der Waals surface area contributed by atoms with E-state index in [9.17, 15) is 9.90 Å². The van der Waals surface area contributed by atoms with E-state index in [2.05, 4.69) is 20.7 Å². The highest BCUT2D eigenvalue weighted by Crippen LogP contribution is 2.24. The molecule has 5 nitrogen and oxygen atoms in total. The lowest BCUT2D eigenvalue weighted by Crippen LogP contribution is -2.39. The van der Waals surface area contributed by atoms with Gasteiger partial charge in [0.1, 0.15) is 17.0 Å². The third-order valence-corrected chi connectivity index (χ3v) is 2.37.